The smallest absolute Gasteiger partial charge is 0.319 e. The number of hydrogen-bond acceptors (Lipinski definition) is 6. The summed E-state index contributed by atoms with van der Waals surface area (Å²) < 4.78 is 11.7. The molecule has 2 aromatic rings. The maximum atomic E-state index is 5.96. The number of nitrogens with two attached hydrogens (primary N) is 1. The molecule has 0 aliphatic carbocycles. The normalized spacial score (nSPS) is 26.2. The van der Waals surface area contributed by atoms with Crippen LogP contribution in [0.5, 0.6) is 6.01 Å². The third-order valence-corrected chi connectivity index (χ3v) is 4.28. The summed E-state index contributed by atoms with van der Waals surface area (Å²) >= 11 is 0. The number of para-hydroxylation sites is 1. The van der Waals surface area contributed by atoms with Crippen LogP contribution >= 0.6 is 0 Å². The van der Waals surface area contributed by atoms with Gasteiger partial charge in [-0.2, -0.15) is 9.97 Å². The lowest BCUT2D eigenvalue weighted by molar-refractivity contribution is -0.112. The summed E-state index contributed by atoms with van der Waals surface area (Å²) in [5, 5.41) is 0.839. The molecule has 2 heterocycles. The quantitative estimate of drug-likeness (QED) is 0.930. The molecule has 2 N–H and O–H groups in total. The topological polar surface area (TPSA) is 73.5 Å². The summed E-state index contributed by atoms with van der Waals surface area (Å²) in [6, 6.07) is 8.33. The fourth-order valence-electron chi connectivity index (χ4n) is 2.71. The molecule has 1 saturated heterocycles. The molecule has 1 aliphatic heterocycles. The fourth-order valence-corrected chi connectivity index (χ4v) is 2.71. The Bertz CT molecular complexity index is 652. The van der Waals surface area contributed by atoms with Gasteiger partial charge in [0.15, 0.2) is 0 Å². The Morgan fingerprint density at radius 3 is 2.86 bits per heavy atom. The van der Waals surface area contributed by atoms with Crippen LogP contribution in [0.4, 0.5) is 5.82 Å². The lowest BCUT2D eigenvalue weighted by Gasteiger charge is -2.39. The molecule has 3 rings (SSSR count). The lowest BCUT2D eigenvalue weighted by atomic mass is 10.1. The molecule has 1 fully saturated rings. The van der Waals surface area contributed by atoms with E-state index in [0.29, 0.717) is 24.5 Å². The van der Waals surface area contributed by atoms with E-state index in [1.165, 1.54) is 0 Å². The summed E-state index contributed by atoms with van der Waals surface area (Å²) in [7, 11) is 2.10. The number of fused-ring (bicyclic) bond motifs is 1. The van der Waals surface area contributed by atoms with Crippen molar-refractivity contribution in [2.45, 2.75) is 32.1 Å². The van der Waals surface area contributed by atoms with Gasteiger partial charge in [0.1, 0.15) is 18.5 Å². The number of nitrogens with zero attached hydrogens (tertiary/aromatic N) is 3. The number of likely N-dealkylation sites (N-methyl/N-ethyl adjacent to an activating group) is 1. The maximum Gasteiger partial charge on any atom is 0.319 e. The minimum atomic E-state index is 0.00694. The summed E-state index contributed by atoms with van der Waals surface area (Å²) in [5.74, 6) is 0.435. The van der Waals surface area contributed by atoms with Crippen molar-refractivity contribution in [2.24, 2.45) is 0 Å². The number of morpholine rings is 1. The molecule has 1 aromatic heterocycles. The van der Waals surface area contributed by atoms with E-state index in [0.717, 1.165) is 17.4 Å². The predicted molar refractivity (Wildman–Crippen MR) is 85.9 cm³/mol. The zero-order chi connectivity index (χ0) is 15.7. The van der Waals surface area contributed by atoms with Crippen LogP contribution in [0.1, 0.15) is 13.8 Å². The summed E-state index contributed by atoms with van der Waals surface area (Å²) in [6.07, 6.45) is 0.183. The zero-order valence-corrected chi connectivity index (χ0v) is 13.2. The molecular weight excluding hydrogens is 280 g/mol. The average Bonchev–Trinajstić information content (AvgIpc) is 2.50. The van der Waals surface area contributed by atoms with Gasteiger partial charge in [-0.25, -0.2) is 0 Å². The van der Waals surface area contributed by atoms with E-state index in [4.69, 9.17) is 15.2 Å². The van der Waals surface area contributed by atoms with Gasteiger partial charge in [-0.3, -0.25) is 4.90 Å². The van der Waals surface area contributed by atoms with Crippen LogP contribution in [-0.2, 0) is 4.74 Å². The first-order valence-corrected chi connectivity index (χ1v) is 7.55. The number of ether oxygens (including phenoxy) is 2. The highest BCUT2D eigenvalue weighted by atomic mass is 16.5. The lowest BCUT2D eigenvalue weighted by Crippen LogP contribution is -2.52. The third-order valence-electron chi connectivity index (χ3n) is 4.28. The van der Waals surface area contributed by atoms with Gasteiger partial charge in [0.25, 0.3) is 0 Å². The number of nitrogen functional groups attached to an aromatic ring is 1. The van der Waals surface area contributed by atoms with Crippen molar-refractivity contribution in [3.05, 3.63) is 24.3 Å². The molecule has 6 heteroatoms. The van der Waals surface area contributed by atoms with E-state index < -0.39 is 0 Å². The Morgan fingerprint density at radius 1 is 1.32 bits per heavy atom. The number of aromatic nitrogens is 2. The van der Waals surface area contributed by atoms with Crippen LogP contribution in [0.2, 0.25) is 0 Å². The molecule has 0 unspecified atom stereocenters. The zero-order valence-electron chi connectivity index (χ0n) is 13.2. The second-order valence-electron chi connectivity index (χ2n) is 5.86. The van der Waals surface area contributed by atoms with Crippen molar-refractivity contribution in [1.82, 2.24) is 14.9 Å². The Balaban J connectivity index is 1.69. The van der Waals surface area contributed by atoms with Gasteiger partial charge in [-0.1, -0.05) is 12.1 Å². The average molecular weight is 302 g/mol. The maximum absolute atomic E-state index is 5.96. The molecule has 0 spiro atoms. The highest BCUT2D eigenvalue weighted by molar-refractivity contribution is 5.88. The van der Waals surface area contributed by atoms with E-state index in [9.17, 15) is 0 Å². The van der Waals surface area contributed by atoms with E-state index >= 15 is 0 Å². The largest absolute Gasteiger partial charge is 0.461 e. The van der Waals surface area contributed by atoms with Crippen LogP contribution in [0.25, 0.3) is 10.9 Å². The molecule has 0 radical (unpaired) electrons. The van der Waals surface area contributed by atoms with Crippen molar-refractivity contribution in [2.75, 3.05) is 25.9 Å². The van der Waals surface area contributed by atoms with Gasteiger partial charge in [-0.05, 0) is 33.0 Å². The molecule has 22 heavy (non-hydrogen) atoms. The van der Waals surface area contributed by atoms with Crippen LogP contribution in [0.15, 0.2) is 24.3 Å². The van der Waals surface area contributed by atoms with Gasteiger partial charge >= 0.3 is 6.01 Å². The standard InChI is InChI=1S/C16H22N4O2/c1-10-11(2)22-12(8-20(10)3)9-21-16-18-14-7-5-4-6-13(14)15(17)19-16/h4-7,10-12H,8-9H2,1-3H3,(H2,17,18,19)/t10-,11-,12-/m0/s1. The van der Waals surface area contributed by atoms with Crippen LogP contribution in [-0.4, -0.2) is 53.3 Å². The van der Waals surface area contributed by atoms with Crippen molar-refractivity contribution >= 4 is 16.7 Å². The molecule has 0 amide bonds. The summed E-state index contributed by atoms with van der Waals surface area (Å²) in [5.41, 5.74) is 6.74. The van der Waals surface area contributed by atoms with E-state index in [1.54, 1.807) is 0 Å². The Hall–Kier alpha value is -1.92. The number of benzene rings is 1. The first-order chi connectivity index (χ1) is 10.5. The summed E-state index contributed by atoms with van der Waals surface area (Å²) in [6.45, 7) is 5.49. The number of anilines is 1. The SMILES string of the molecule is C[C@@H]1O[C@H](COc2nc(N)c3ccccc3n2)CN(C)[C@H]1C. The molecule has 0 saturated carbocycles. The van der Waals surface area contributed by atoms with E-state index in [1.807, 2.05) is 24.3 Å². The molecule has 1 aliphatic rings. The second-order valence-corrected chi connectivity index (χ2v) is 5.86. The fraction of sp³-hybridized carbons (Fsp3) is 0.500. The first-order valence-electron chi connectivity index (χ1n) is 7.55. The molecular formula is C16H22N4O2. The van der Waals surface area contributed by atoms with Gasteiger partial charge in [0.05, 0.1) is 11.6 Å². The van der Waals surface area contributed by atoms with Crippen LogP contribution < -0.4 is 10.5 Å². The van der Waals surface area contributed by atoms with Crippen LogP contribution in [0.3, 0.4) is 0 Å². The monoisotopic (exact) mass is 302 g/mol. The van der Waals surface area contributed by atoms with Crippen molar-refractivity contribution in [1.29, 1.82) is 0 Å². The van der Waals surface area contributed by atoms with E-state index in [2.05, 4.69) is 35.8 Å². The minimum absolute atomic E-state index is 0.00694. The van der Waals surface area contributed by atoms with Crippen molar-refractivity contribution in [3.8, 4) is 6.01 Å². The van der Waals surface area contributed by atoms with Gasteiger partial charge in [-0.15, -0.1) is 0 Å². The molecule has 118 valence electrons. The van der Waals surface area contributed by atoms with Crippen molar-refractivity contribution < 1.29 is 9.47 Å². The number of hydrogen-bond donors (Lipinski definition) is 1. The van der Waals surface area contributed by atoms with Gasteiger partial charge in [0.2, 0.25) is 0 Å². The highest BCUT2D eigenvalue weighted by Gasteiger charge is 2.29. The van der Waals surface area contributed by atoms with Crippen molar-refractivity contribution in [3.63, 3.8) is 0 Å². The van der Waals surface area contributed by atoms with Crippen LogP contribution in [0, 0.1) is 0 Å². The second kappa shape index (κ2) is 6.06. The Labute approximate surface area is 130 Å². The van der Waals surface area contributed by atoms with Gasteiger partial charge < -0.3 is 15.2 Å². The molecule has 6 nitrogen and oxygen atoms in total. The summed E-state index contributed by atoms with van der Waals surface area (Å²) in [4.78, 5) is 10.9. The minimum Gasteiger partial charge on any atom is -0.461 e. The van der Waals surface area contributed by atoms with E-state index in [-0.39, 0.29) is 12.2 Å². The Morgan fingerprint density at radius 2 is 2.09 bits per heavy atom. The van der Waals surface area contributed by atoms with Gasteiger partial charge in [0, 0.05) is 18.0 Å². The predicted octanol–water partition coefficient (Wildman–Crippen LogP) is 1.70. The Kier molecular flexibility index (Phi) is 4.13. The third kappa shape index (κ3) is 2.98. The number of rotatable bonds is 3. The molecule has 3 atom stereocenters. The molecule has 0 bridgehead atoms. The molecule has 1 aromatic carbocycles. The highest BCUT2D eigenvalue weighted by Crippen LogP contribution is 2.21. The first kappa shape index (κ1) is 15.0.